The Balaban J connectivity index is 1.42. The maximum atomic E-state index is 14.1. The number of aromatic nitrogens is 1. The van der Waals surface area contributed by atoms with Gasteiger partial charge in [-0.15, -0.1) is 11.3 Å². The molecule has 260 valence electrons. The number of nitrogens with one attached hydrogen (secondary N) is 2. The summed E-state index contributed by atoms with van der Waals surface area (Å²) in [7, 11) is 0. The molecule has 0 radical (unpaired) electrons. The average Bonchev–Trinajstić information content (AvgIpc) is 3.70. The van der Waals surface area contributed by atoms with Crippen LogP contribution in [0.1, 0.15) is 86.0 Å². The number of nitrogens with zero attached hydrogens (tertiary/aromatic N) is 3. The van der Waals surface area contributed by atoms with Crippen LogP contribution in [-0.4, -0.2) is 86.5 Å². The number of likely N-dealkylation sites (tertiary alicyclic amines) is 1. The van der Waals surface area contributed by atoms with Gasteiger partial charge in [0, 0.05) is 13.0 Å². The van der Waals surface area contributed by atoms with Crippen molar-refractivity contribution in [1.82, 2.24) is 25.4 Å². The summed E-state index contributed by atoms with van der Waals surface area (Å²) in [5.74, 6) is -2.05. The Morgan fingerprint density at radius 3 is 2.12 bits per heavy atom. The summed E-state index contributed by atoms with van der Waals surface area (Å²) in [4.78, 5) is 75.3. The van der Waals surface area contributed by atoms with Gasteiger partial charge in [0.2, 0.25) is 11.8 Å². The molecule has 3 aromatic rings. The molecule has 0 aliphatic carbocycles. The first-order valence-electron chi connectivity index (χ1n) is 16.2. The second kappa shape index (κ2) is 13.7. The zero-order valence-electron chi connectivity index (χ0n) is 28.8. The molecule has 2 aromatic carbocycles. The molecule has 1 saturated heterocycles. The third kappa shape index (κ3) is 7.83. The minimum atomic E-state index is -1.09. The normalized spacial score (nSPS) is 19.0. The third-order valence-corrected chi connectivity index (χ3v) is 9.50. The van der Waals surface area contributed by atoms with Gasteiger partial charge < -0.3 is 25.4 Å². The van der Waals surface area contributed by atoms with Crippen molar-refractivity contribution in [3.05, 3.63) is 76.4 Å². The van der Waals surface area contributed by atoms with Crippen LogP contribution in [0.2, 0.25) is 0 Å². The fourth-order valence-electron chi connectivity index (χ4n) is 6.08. The molecule has 0 bridgehead atoms. The topological polar surface area (TPSA) is 158 Å². The molecule has 2 aliphatic heterocycles. The number of aliphatic hydroxyl groups excluding tert-OH is 1. The van der Waals surface area contributed by atoms with Crippen LogP contribution in [-0.2, 0) is 14.3 Å². The molecule has 0 saturated carbocycles. The predicted molar refractivity (Wildman–Crippen MR) is 184 cm³/mol. The molecule has 3 heterocycles. The first-order valence-corrected chi connectivity index (χ1v) is 17.1. The third-order valence-electron chi connectivity index (χ3n) is 8.52. The van der Waals surface area contributed by atoms with Crippen LogP contribution >= 0.6 is 11.3 Å². The first-order chi connectivity index (χ1) is 22.9. The van der Waals surface area contributed by atoms with Crippen molar-refractivity contribution < 1.29 is 33.8 Å². The number of imide groups is 1. The van der Waals surface area contributed by atoms with Gasteiger partial charge in [-0.25, -0.2) is 9.78 Å². The van der Waals surface area contributed by atoms with Crippen LogP contribution < -0.4 is 10.6 Å². The molecule has 13 heteroatoms. The summed E-state index contributed by atoms with van der Waals surface area (Å²) in [6.45, 7) is 12.1. The molecule has 1 unspecified atom stereocenters. The number of alkyl carbamates (subject to hydrolysis) is 1. The van der Waals surface area contributed by atoms with Crippen LogP contribution in [0.5, 0.6) is 0 Å². The SMILES string of the molecule is Cc1ncsc1-c1ccc(C(CN2C(=O)c3ccccc3C2=O)NC(=O)[C@@H]2C[C@@H](O)CN2C(=O)[C@@H](NC(=O)OC(C)(C)C)C(C)(C)C)cc1. The van der Waals surface area contributed by atoms with E-state index in [2.05, 4.69) is 15.6 Å². The number of carbonyl (C=O) groups is 5. The van der Waals surface area contributed by atoms with E-state index in [9.17, 15) is 29.1 Å². The number of carbonyl (C=O) groups excluding carboxylic acids is 5. The fourth-order valence-corrected chi connectivity index (χ4v) is 6.89. The predicted octanol–water partition coefficient (Wildman–Crippen LogP) is 4.47. The van der Waals surface area contributed by atoms with E-state index in [4.69, 9.17) is 4.74 Å². The second-order valence-corrected chi connectivity index (χ2v) is 15.4. The number of hydrogen-bond acceptors (Lipinski definition) is 9. The Morgan fingerprint density at radius 1 is 0.980 bits per heavy atom. The molecular weight excluding hydrogens is 646 g/mol. The molecule has 0 spiro atoms. The molecular formula is C36H43N5O7S. The van der Waals surface area contributed by atoms with Crippen LogP contribution in [0.15, 0.2) is 54.0 Å². The number of ether oxygens (including phenoxy) is 1. The smallest absolute Gasteiger partial charge is 0.408 e. The van der Waals surface area contributed by atoms with Crippen LogP contribution in [0.4, 0.5) is 4.79 Å². The van der Waals surface area contributed by atoms with Gasteiger partial charge in [0.1, 0.15) is 17.7 Å². The Kier molecular flexibility index (Phi) is 9.98. The van der Waals surface area contributed by atoms with Crippen molar-refractivity contribution in [2.24, 2.45) is 5.41 Å². The van der Waals surface area contributed by atoms with Crippen molar-refractivity contribution in [3.63, 3.8) is 0 Å². The van der Waals surface area contributed by atoms with Gasteiger partial charge in [-0.1, -0.05) is 57.2 Å². The highest BCUT2D eigenvalue weighted by molar-refractivity contribution is 7.13. The van der Waals surface area contributed by atoms with Gasteiger partial charge in [-0.05, 0) is 56.4 Å². The Bertz CT molecular complexity index is 1720. The molecule has 5 amide bonds. The zero-order valence-corrected chi connectivity index (χ0v) is 29.6. The maximum absolute atomic E-state index is 14.1. The second-order valence-electron chi connectivity index (χ2n) is 14.6. The van der Waals surface area contributed by atoms with E-state index in [1.165, 1.54) is 16.2 Å². The number of fused-ring (bicyclic) bond motifs is 1. The lowest BCUT2D eigenvalue weighted by Gasteiger charge is -2.36. The summed E-state index contributed by atoms with van der Waals surface area (Å²) in [6, 6.07) is 11.0. The molecule has 3 N–H and O–H groups in total. The van der Waals surface area contributed by atoms with Gasteiger partial charge >= 0.3 is 6.09 Å². The van der Waals surface area contributed by atoms with E-state index in [-0.39, 0.29) is 30.6 Å². The molecule has 2 aliphatic rings. The van der Waals surface area contributed by atoms with Crippen LogP contribution in [0, 0.1) is 12.3 Å². The van der Waals surface area contributed by atoms with Crippen LogP contribution in [0.25, 0.3) is 10.4 Å². The lowest BCUT2D eigenvalue weighted by atomic mass is 9.85. The first kappa shape index (κ1) is 35.7. The van der Waals surface area contributed by atoms with Crippen LogP contribution in [0.3, 0.4) is 0 Å². The summed E-state index contributed by atoms with van der Waals surface area (Å²) >= 11 is 1.50. The zero-order chi connectivity index (χ0) is 35.8. The van der Waals surface area contributed by atoms with Crippen molar-refractivity contribution >= 4 is 41.1 Å². The Morgan fingerprint density at radius 2 is 1.59 bits per heavy atom. The lowest BCUT2D eigenvalue weighted by Crippen LogP contribution is -2.58. The Labute approximate surface area is 289 Å². The van der Waals surface area contributed by atoms with E-state index in [0.29, 0.717) is 5.56 Å². The molecule has 5 rings (SSSR count). The standard InChI is InChI=1S/C36H43N5O7S/c1-20-28(49-19-37-20)22-14-12-21(13-15-22)26(18-41-31(44)24-10-8-9-11-25(24)32(41)45)38-30(43)27-16-23(42)17-40(27)33(46)29(35(2,3)4)39-34(47)48-36(5,6)7/h8-15,19,23,26-27,29,42H,16-18H2,1-7H3,(H,38,43)(H,39,47)/t23-,26?,27+,29-/m1/s1. The Hall–Kier alpha value is -4.62. The quantitative estimate of drug-likeness (QED) is 0.293. The number of benzene rings is 2. The van der Waals surface area contributed by atoms with E-state index >= 15 is 0 Å². The molecule has 1 fully saturated rings. The number of aryl methyl sites for hydroxylation is 1. The average molecular weight is 690 g/mol. The van der Waals surface area contributed by atoms with Crippen molar-refractivity contribution in [1.29, 1.82) is 0 Å². The highest BCUT2D eigenvalue weighted by Gasteiger charge is 2.46. The number of β-amino-alcohol motifs (C(OH)–C–C–N with tert-alkyl or cyclic N) is 1. The van der Waals surface area contributed by atoms with E-state index in [1.54, 1.807) is 71.3 Å². The molecule has 49 heavy (non-hydrogen) atoms. The lowest BCUT2D eigenvalue weighted by molar-refractivity contribution is -0.142. The van der Waals surface area contributed by atoms with Crippen molar-refractivity contribution in [3.8, 4) is 10.4 Å². The van der Waals surface area contributed by atoms with Gasteiger partial charge in [0.15, 0.2) is 0 Å². The molecule has 4 atom stereocenters. The minimum absolute atomic E-state index is 0.0375. The number of thiazole rings is 1. The number of hydrogen-bond donors (Lipinski definition) is 3. The highest BCUT2D eigenvalue weighted by Crippen LogP contribution is 2.31. The molecule has 12 nitrogen and oxygen atoms in total. The van der Waals surface area contributed by atoms with Crippen molar-refractivity contribution in [2.75, 3.05) is 13.1 Å². The van der Waals surface area contributed by atoms with E-state index < -0.39 is 65.0 Å². The van der Waals surface area contributed by atoms with Gasteiger partial charge in [-0.2, -0.15) is 0 Å². The van der Waals surface area contributed by atoms with Gasteiger partial charge in [0.25, 0.3) is 11.8 Å². The number of amides is 5. The summed E-state index contributed by atoms with van der Waals surface area (Å²) in [6.07, 6.45) is -1.80. The van der Waals surface area contributed by atoms with Gasteiger partial charge in [0.05, 0.1) is 45.9 Å². The molecule has 1 aromatic heterocycles. The van der Waals surface area contributed by atoms with Gasteiger partial charge in [-0.3, -0.25) is 24.1 Å². The largest absolute Gasteiger partial charge is 0.444 e. The number of rotatable bonds is 8. The minimum Gasteiger partial charge on any atom is -0.444 e. The summed E-state index contributed by atoms with van der Waals surface area (Å²) in [5.41, 5.74) is 3.21. The fraction of sp³-hybridized carbons (Fsp3) is 0.444. The maximum Gasteiger partial charge on any atom is 0.408 e. The number of aliphatic hydroxyl groups is 1. The van der Waals surface area contributed by atoms with Crippen molar-refractivity contribution in [2.45, 2.75) is 84.7 Å². The summed E-state index contributed by atoms with van der Waals surface area (Å²) < 4.78 is 5.40. The summed E-state index contributed by atoms with van der Waals surface area (Å²) in [5, 5.41) is 16.3. The highest BCUT2D eigenvalue weighted by atomic mass is 32.1. The monoisotopic (exact) mass is 689 g/mol. The van der Waals surface area contributed by atoms with E-state index in [1.807, 2.05) is 31.2 Å². The van der Waals surface area contributed by atoms with E-state index in [0.717, 1.165) is 21.0 Å².